The van der Waals surface area contributed by atoms with Crippen LogP contribution < -0.4 is 5.32 Å². The van der Waals surface area contributed by atoms with E-state index in [0.717, 1.165) is 0 Å². The maximum absolute atomic E-state index is 11.3. The number of carbonyl (C=O) groups excluding carboxylic acids is 1. The topological polar surface area (TPSA) is 66.5 Å². The summed E-state index contributed by atoms with van der Waals surface area (Å²) < 4.78 is 22.6. The van der Waals surface area contributed by atoms with Gasteiger partial charge >= 0.3 is 0 Å². The summed E-state index contributed by atoms with van der Waals surface area (Å²) >= 11 is 0. The average molecular weight is 250 g/mol. The predicted octanol–water partition coefficient (Wildman–Crippen LogP) is -0.121. The lowest BCUT2D eigenvalue weighted by atomic mass is 10.4. The normalized spacial score (nSPS) is 11.4. The predicted molar refractivity (Wildman–Crippen MR) is 65.1 cm³/mol. The molecule has 0 aliphatic carbocycles. The molecule has 16 heavy (non-hydrogen) atoms. The lowest BCUT2D eigenvalue weighted by Gasteiger charge is -2.10. The Hall–Kier alpha value is -0.620. The minimum absolute atomic E-state index is 0.0453. The highest BCUT2D eigenvalue weighted by atomic mass is 32.2. The molecule has 0 spiro atoms. The van der Waals surface area contributed by atoms with Crippen molar-refractivity contribution in [2.75, 3.05) is 38.7 Å². The van der Waals surface area contributed by atoms with Crippen LogP contribution in [0.25, 0.3) is 0 Å². The Morgan fingerprint density at radius 3 is 2.31 bits per heavy atom. The molecule has 0 bridgehead atoms. The Morgan fingerprint density at radius 1 is 1.19 bits per heavy atom. The first kappa shape index (κ1) is 15.4. The van der Waals surface area contributed by atoms with Gasteiger partial charge < -0.3 is 10.2 Å². The van der Waals surface area contributed by atoms with Gasteiger partial charge in [0.25, 0.3) is 0 Å². The zero-order valence-electron chi connectivity index (χ0n) is 10.3. The molecule has 0 saturated heterocycles. The molecule has 0 radical (unpaired) electrons. The highest BCUT2D eigenvalue weighted by molar-refractivity contribution is 7.91. The van der Waals surface area contributed by atoms with Gasteiger partial charge in [0.05, 0.1) is 5.75 Å². The van der Waals surface area contributed by atoms with Crippen LogP contribution in [-0.2, 0) is 14.6 Å². The summed E-state index contributed by atoms with van der Waals surface area (Å²) in [6.07, 6.45) is 1.06. The van der Waals surface area contributed by atoms with Gasteiger partial charge in [0.1, 0.15) is 0 Å². The third-order valence-corrected chi connectivity index (χ3v) is 3.98. The Kier molecular flexibility index (Phi) is 7.33. The van der Waals surface area contributed by atoms with Crippen molar-refractivity contribution in [3.8, 4) is 0 Å². The molecule has 0 heterocycles. The van der Waals surface area contributed by atoms with Gasteiger partial charge in [-0.05, 0) is 6.42 Å². The standard InChI is InChI=1S/C10H22N2O3S/c1-4-8-16(14,15)9-7-11-6-5-10(13)12(2)3/h11H,4-9H2,1-3H3. The molecule has 1 amide bonds. The summed E-state index contributed by atoms with van der Waals surface area (Å²) in [5.41, 5.74) is 0. The summed E-state index contributed by atoms with van der Waals surface area (Å²) in [7, 11) is 0.498. The zero-order valence-corrected chi connectivity index (χ0v) is 11.1. The minimum atomic E-state index is -2.91. The minimum Gasteiger partial charge on any atom is -0.349 e. The number of nitrogens with one attached hydrogen (secondary N) is 1. The summed E-state index contributed by atoms with van der Waals surface area (Å²) in [6, 6.07) is 0. The van der Waals surface area contributed by atoms with E-state index < -0.39 is 9.84 Å². The van der Waals surface area contributed by atoms with Gasteiger partial charge in [-0.25, -0.2) is 8.42 Å². The Morgan fingerprint density at radius 2 is 1.81 bits per heavy atom. The molecule has 0 saturated carbocycles. The fourth-order valence-corrected chi connectivity index (χ4v) is 2.47. The second kappa shape index (κ2) is 7.62. The Balaban J connectivity index is 3.58. The lowest BCUT2D eigenvalue weighted by molar-refractivity contribution is -0.128. The van der Waals surface area contributed by atoms with Crippen molar-refractivity contribution < 1.29 is 13.2 Å². The van der Waals surface area contributed by atoms with Crippen LogP contribution in [0, 0.1) is 0 Å². The van der Waals surface area contributed by atoms with E-state index >= 15 is 0 Å². The summed E-state index contributed by atoms with van der Waals surface area (Å²) in [5, 5.41) is 2.96. The first-order valence-electron chi connectivity index (χ1n) is 5.50. The number of amides is 1. The monoisotopic (exact) mass is 250 g/mol. The van der Waals surface area contributed by atoms with E-state index in [4.69, 9.17) is 0 Å². The number of hydrogen-bond donors (Lipinski definition) is 1. The smallest absolute Gasteiger partial charge is 0.223 e. The van der Waals surface area contributed by atoms with Crippen LogP contribution in [0.2, 0.25) is 0 Å². The fraction of sp³-hybridized carbons (Fsp3) is 0.900. The molecule has 0 unspecified atom stereocenters. The van der Waals surface area contributed by atoms with Crippen molar-refractivity contribution >= 4 is 15.7 Å². The molecule has 0 aromatic rings. The van der Waals surface area contributed by atoms with E-state index in [-0.39, 0.29) is 17.4 Å². The van der Waals surface area contributed by atoms with Crippen LogP contribution in [0.15, 0.2) is 0 Å². The fourth-order valence-electron chi connectivity index (χ4n) is 1.18. The molecule has 96 valence electrons. The third-order valence-electron chi connectivity index (χ3n) is 2.12. The number of hydrogen-bond acceptors (Lipinski definition) is 4. The average Bonchev–Trinajstić information content (AvgIpc) is 2.16. The summed E-state index contributed by atoms with van der Waals surface area (Å²) in [5.74, 6) is 0.436. The molecular weight excluding hydrogens is 228 g/mol. The van der Waals surface area contributed by atoms with E-state index in [0.29, 0.717) is 25.9 Å². The van der Waals surface area contributed by atoms with Gasteiger partial charge in [0, 0.05) is 39.4 Å². The lowest BCUT2D eigenvalue weighted by Crippen LogP contribution is -2.29. The number of rotatable bonds is 8. The van der Waals surface area contributed by atoms with Crippen molar-refractivity contribution in [2.45, 2.75) is 19.8 Å². The molecule has 1 N–H and O–H groups in total. The van der Waals surface area contributed by atoms with E-state index in [1.807, 2.05) is 6.92 Å². The number of sulfone groups is 1. The zero-order chi connectivity index (χ0) is 12.6. The highest BCUT2D eigenvalue weighted by Crippen LogP contribution is 1.92. The van der Waals surface area contributed by atoms with Crippen LogP contribution in [0.3, 0.4) is 0 Å². The van der Waals surface area contributed by atoms with Crippen LogP contribution in [-0.4, -0.2) is 57.9 Å². The van der Waals surface area contributed by atoms with Gasteiger partial charge in [0.2, 0.25) is 5.91 Å². The molecule has 0 atom stereocenters. The van der Waals surface area contributed by atoms with Crippen molar-refractivity contribution in [3.05, 3.63) is 0 Å². The largest absolute Gasteiger partial charge is 0.349 e. The molecule has 6 heteroatoms. The van der Waals surface area contributed by atoms with Gasteiger partial charge in [-0.15, -0.1) is 0 Å². The first-order chi connectivity index (χ1) is 7.39. The summed E-state index contributed by atoms with van der Waals surface area (Å²) in [6.45, 7) is 2.79. The van der Waals surface area contributed by atoms with Crippen molar-refractivity contribution in [1.82, 2.24) is 10.2 Å². The van der Waals surface area contributed by atoms with E-state index in [1.165, 1.54) is 4.90 Å². The SMILES string of the molecule is CCCS(=O)(=O)CCNCCC(=O)N(C)C. The molecule has 0 aliphatic heterocycles. The van der Waals surface area contributed by atoms with Gasteiger partial charge in [-0.1, -0.05) is 6.92 Å². The third kappa shape index (κ3) is 7.64. The summed E-state index contributed by atoms with van der Waals surface area (Å²) in [4.78, 5) is 12.7. The molecule has 0 aliphatic rings. The maximum atomic E-state index is 11.3. The van der Waals surface area contributed by atoms with Crippen LogP contribution in [0.4, 0.5) is 0 Å². The van der Waals surface area contributed by atoms with Crippen LogP contribution in [0.5, 0.6) is 0 Å². The number of nitrogens with zero attached hydrogens (tertiary/aromatic N) is 1. The van der Waals surface area contributed by atoms with Crippen molar-refractivity contribution in [2.24, 2.45) is 0 Å². The quantitative estimate of drug-likeness (QED) is 0.610. The molecular formula is C10H22N2O3S. The Labute approximate surface area is 98.1 Å². The van der Waals surface area contributed by atoms with Crippen molar-refractivity contribution in [1.29, 1.82) is 0 Å². The second-order valence-corrected chi connectivity index (χ2v) is 6.24. The number of carbonyl (C=O) groups is 1. The van der Waals surface area contributed by atoms with E-state index in [1.54, 1.807) is 14.1 Å². The van der Waals surface area contributed by atoms with E-state index in [2.05, 4.69) is 5.32 Å². The van der Waals surface area contributed by atoms with Crippen molar-refractivity contribution in [3.63, 3.8) is 0 Å². The second-order valence-electron chi connectivity index (χ2n) is 3.94. The molecule has 0 aromatic heterocycles. The van der Waals surface area contributed by atoms with Gasteiger partial charge in [-0.2, -0.15) is 0 Å². The molecule has 0 rings (SSSR count). The van der Waals surface area contributed by atoms with Crippen LogP contribution in [0.1, 0.15) is 19.8 Å². The van der Waals surface area contributed by atoms with Gasteiger partial charge in [-0.3, -0.25) is 4.79 Å². The molecule has 5 nitrogen and oxygen atoms in total. The maximum Gasteiger partial charge on any atom is 0.223 e. The van der Waals surface area contributed by atoms with Crippen LogP contribution >= 0.6 is 0 Å². The molecule has 0 fully saturated rings. The Bertz CT molecular complexity index is 299. The van der Waals surface area contributed by atoms with E-state index in [9.17, 15) is 13.2 Å². The van der Waals surface area contributed by atoms with Gasteiger partial charge in [0.15, 0.2) is 9.84 Å². The highest BCUT2D eigenvalue weighted by Gasteiger charge is 2.08. The molecule has 0 aromatic carbocycles. The first-order valence-corrected chi connectivity index (χ1v) is 7.32.